The molecule has 3 rings (SSSR count). The molecule has 0 bridgehead atoms. The summed E-state index contributed by atoms with van der Waals surface area (Å²) in [5, 5.41) is 4.13. The molecule has 1 saturated heterocycles. The molecule has 1 saturated carbocycles. The highest BCUT2D eigenvalue weighted by Crippen LogP contribution is 2.30. The Bertz CT molecular complexity index is 507. The Balaban J connectivity index is 1.74. The lowest BCUT2D eigenvalue weighted by Gasteiger charge is -2.31. The molecule has 1 aliphatic heterocycles. The second-order valence-corrected chi connectivity index (χ2v) is 7.35. The molecule has 1 amide bonds. The van der Waals surface area contributed by atoms with Crippen LogP contribution in [0.1, 0.15) is 42.5 Å². The molecule has 1 aromatic carbocycles. The summed E-state index contributed by atoms with van der Waals surface area (Å²) in [6.45, 7) is 1.88. The minimum Gasteiger partial charge on any atom is -0.334 e. The van der Waals surface area contributed by atoms with E-state index in [4.69, 9.17) is 11.6 Å². The summed E-state index contributed by atoms with van der Waals surface area (Å²) in [6.07, 6.45) is 5.92. The van der Waals surface area contributed by atoms with Crippen LogP contribution in [0.15, 0.2) is 22.7 Å². The van der Waals surface area contributed by atoms with Gasteiger partial charge in [-0.05, 0) is 50.4 Å². The van der Waals surface area contributed by atoms with Gasteiger partial charge in [-0.2, -0.15) is 0 Å². The van der Waals surface area contributed by atoms with E-state index in [1.54, 1.807) is 6.07 Å². The maximum Gasteiger partial charge on any atom is 0.254 e. The average Bonchev–Trinajstić information content (AvgIpc) is 3.29. The van der Waals surface area contributed by atoms with Gasteiger partial charge in [-0.3, -0.25) is 4.79 Å². The van der Waals surface area contributed by atoms with Crippen molar-refractivity contribution in [2.45, 2.75) is 44.2 Å². The topological polar surface area (TPSA) is 32.3 Å². The van der Waals surface area contributed by atoms with Crippen LogP contribution >= 0.6 is 27.5 Å². The van der Waals surface area contributed by atoms with Crippen molar-refractivity contribution < 1.29 is 4.79 Å². The van der Waals surface area contributed by atoms with E-state index < -0.39 is 0 Å². The zero-order chi connectivity index (χ0) is 14.8. The van der Waals surface area contributed by atoms with Gasteiger partial charge in [-0.15, -0.1) is 0 Å². The molecule has 1 aliphatic carbocycles. The average molecular weight is 372 g/mol. The smallest absolute Gasteiger partial charge is 0.254 e. The lowest BCUT2D eigenvalue weighted by Crippen LogP contribution is -2.46. The van der Waals surface area contributed by atoms with Crippen molar-refractivity contribution in [2.24, 2.45) is 0 Å². The highest BCUT2D eigenvalue weighted by molar-refractivity contribution is 9.10. The number of nitrogens with one attached hydrogen (secondary N) is 1. The van der Waals surface area contributed by atoms with Gasteiger partial charge in [0, 0.05) is 33.7 Å². The van der Waals surface area contributed by atoms with Gasteiger partial charge in [-0.25, -0.2) is 0 Å². The number of carbonyl (C=O) groups is 1. The summed E-state index contributed by atoms with van der Waals surface area (Å²) in [5.41, 5.74) is 0.678. The van der Waals surface area contributed by atoms with Gasteiger partial charge in [0.25, 0.3) is 5.91 Å². The largest absolute Gasteiger partial charge is 0.334 e. The second kappa shape index (κ2) is 6.67. The Morgan fingerprint density at radius 3 is 2.71 bits per heavy atom. The Hall–Kier alpha value is -0.580. The fourth-order valence-electron chi connectivity index (χ4n) is 2.94. The van der Waals surface area contributed by atoms with Crippen molar-refractivity contribution in [3.05, 3.63) is 33.3 Å². The van der Waals surface area contributed by atoms with Crippen LogP contribution in [0.5, 0.6) is 0 Å². The van der Waals surface area contributed by atoms with Crippen LogP contribution in [-0.4, -0.2) is 36.0 Å². The molecule has 2 aliphatic rings. The van der Waals surface area contributed by atoms with Gasteiger partial charge in [0.1, 0.15) is 0 Å². The van der Waals surface area contributed by atoms with Crippen LogP contribution in [-0.2, 0) is 0 Å². The minimum absolute atomic E-state index is 0.105. The third kappa shape index (κ3) is 3.99. The molecule has 1 N–H and O–H groups in total. The number of rotatable bonds is 4. The summed E-state index contributed by atoms with van der Waals surface area (Å²) >= 11 is 9.49. The lowest BCUT2D eigenvalue weighted by atomic mass is 10.0. The fraction of sp³-hybridized carbons (Fsp3) is 0.562. The van der Waals surface area contributed by atoms with Gasteiger partial charge in [0.2, 0.25) is 0 Å². The molecule has 21 heavy (non-hydrogen) atoms. The first-order chi connectivity index (χ1) is 10.1. The van der Waals surface area contributed by atoms with Crippen molar-refractivity contribution in [1.82, 2.24) is 10.2 Å². The first-order valence-corrected chi connectivity index (χ1v) is 8.81. The van der Waals surface area contributed by atoms with E-state index in [0.717, 1.165) is 36.8 Å². The SMILES string of the molecule is O=C(c1cc(Cl)cc(Br)c1)N(CC1CCCCN1)C1CC1. The molecule has 0 radical (unpaired) electrons. The molecular formula is C16H20BrClN2O. The molecular weight excluding hydrogens is 352 g/mol. The Morgan fingerprint density at radius 1 is 1.29 bits per heavy atom. The number of benzene rings is 1. The third-order valence-corrected chi connectivity index (χ3v) is 4.86. The molecule has 3 nitrogen and oxygen atoms in total. The molecule has 1 atom stereocenters. The quantitative estimate of drug-likeness (QED) is 0.872. The maximum absolute atomic E-state index is 12.8. The molecule has 0 aromatic heterocycles. The van der Waals surface area contributed by atoms with Crippen LogP contribution < -0.4 is 5.32 Å². The summed E-state index contributed by atoms with van der Waals surface area (Å²) in [5.74, 6) is 0.105. The van der Waals surface area contributed by atoms with Crippen LogP contribution in [0, 0.1) is 0 Å². The van der Waals surface area contributed by atoms with Gasteiger partial charge >= 0.3 is 0 Å². The van der Waals surface area contributed by atoms with Crippen LogP contribution in [0.4, 0.5) is 0 Å². The van der Waals surface area contributed by atoms with E-state index >= 15 is 0 Å². The van der Waals surface area contributed by atoms with Gasteiger partial charge < -0.3 is 10.2 Å². The number of piperidine rings is 1. The highest BCUT2D eigenvalue weighted by Gasteiger charge is 2.34. The van der Waals surface area contributed by atoms with Crippen molar-refractivity contribution in [2.75, 3.05) is 13.1 Å². The van der Waals surface area contributed by atoms with Crippen LogP contribution in [0.3, 0.4) is 0 Å². The Morgan fingerprint density at radius 2 is 2.10 bits per heavy atom. The summed E-state index contributed by atoms with van der Waals surface area (Å²) < 4.78 is 0.852. The van der Waals surface area contributed by atoms with Crippen LogP contribution in [0.2, 0.25) is 5.02 Å². The summed E-state index contributed by atoms with van der Waals surface area (Å²) in [6, 6.07) is 6.28. The molecule has 1 unspecified atom stereocenters. The summed E-state index contributed by atoms with van der Waals surface area (Å²) in [4.78, 5) is 14.9. The highest BCUT2D eigenvalue weighted by atomic mass is 79.9. The predicted octanol–water partition coefficient (Wildman–Crippen LogP) is 3.85. The number of carbonyl (C=O) groups excluding carboxylic acids is 1. The minimum atomic E-state index is 0.105. The summed E-state index contributed by atoms with van der Waals surface area (Å²) in [7, 11) is 0. The third-order valence-electron chi connectivity index (χ3n) is 4.19. The van der Waals surface area contributed by atoms with Crippen molar-refractivity contribution in [1.29, 1.82) is 0 Å². The van der Waals surface area contributed by atoms with E-state index in [1.165, 1.54) is 12.8 Å². The monoisotopic (exact) mass is 370 g/mol. The Kier molecular flexibility index (Phi) is 4.87. The first kappa shape index (κ1) is 15.3. The molecule has 2 fully saturated rings. The number of hydrogen-bond acceptors (Lipinski definition) is 2. The zero-order valence-corrected chi connectivity index (χ0v) is 14.3. The lowest BCUT2D eigenvalue weighted by molar-refractivity contribution is 0.0718. The molecule has 114 valence electrons. The van der Waals surface area contributed by atoms with E-state index in [9.17, 15) is 4.79 Å². The predicted molar refractivity (Wildman–Crippen MR) is 88.9 cm³/mol. The number of nitrogens with zero attached hydrogens (tertiary/aromatic N) is 1. The zero-order valence-electron chi connectivity index (χ0n) is 11.9. The van der Waals surface area contributed by atoms with Crippen molar-refractivity contribution in [3.8, 4) is 0 Å². The number of hydrogen-bond donors (Lipinski definition) is 1. The molecule has 0 spiro atoms. The maximum atomic E-state index is 12.8. The number of halogens is 2. The molecule has 5 heteroatoms. The fourth-order valence-corrected chi connectivity index (χ4v) is 3.80. The van der Waals surface area contributed by atoms with Gasteiger partial charge in [-0.1, -0.05) is 34.0 Å². The van der Waals surface area contributed by atoms with Crippen molar-refractivity contribution >= 4 is 33.4 Å². The first-order valence-electron chi connectivity index (χ1n) is 7.64. The molecule has 1 heterocycles. The van der Waals surface area contributed by atoms with Gasteiger partial charge in [0.15, 0.2) is 0 Å². The second-order valence-electron chi connectivity index (χ2n) is 5.99. The van der Waals surface area contributed by atoms with E-state index in [1.807, 2.05) is 17.0 Å². The molecule has 1 aromatic rings. The Labute approximate surface area is 139 Å². The van der Waals surface area contributed by atoms with Crippen LogP contribution in [0.25, 0.3) is 0 Å². The van der Waals surface area contributed by atoms with E-state index in [-0.39, 0.29) is 5.91 Å². The number of amides is 1. The van der Waals surface area contributed by atoms with Crippen molar-refractivity contribution in [3.63, 3.8) is 0 Å². The van der Waals surface area contributed by atoms with E-state index in [2.05, 4.69) is 21.2 Å². The van der Waals surface area contributed by atoms with Gasteiger partial charge in [0.05, 0.1) is 0 Å². The normalized spacial score (nSPS) is 22.1. The standard InChI is InChI=1S/C16H20BrClN2O/c17-12-7-11(8-13(18)9-12)16(21)20(15-4-5-15)10-14-3-1-2-6-19-14/h7-9,14-15,19H,1-6,10H2. The van der Waals surface area contributed by atoms with E-state index in [0.29, 0.717) is 22.7 Å².